The number of carbonyl (C=O) groups excluding carboxylic acids is 1. The molecule has 0 radical (unpaired) electrons. The van der Waals surface area contributed by atoms with Crippen molar-refractivity contribution in [3.8, 4) is 0 Å². The van der Waals surface area contributed by atoms with Crippen LogP contribution in [0.4, 0.5) is 4.79 Å². The van der Waals surface area contributed by atoms with Crippen LogP contribution in [0.2, 0.25) is 0 Å². The van der Waals surface area contributed by atoms with Gasteiger partial charge >= 0.3 is 12.1 Å². The van der Waals surface area contributed by atoms with E-state index in [4.69, 9.17) is 9.84 Å². The first-order valence-corrected chi connectivity index (χ1v) is 7.79. The van der Waals surface area contributed by atoms with Crippen molar-refractivity contribution in [2.75, 3.05) is 6.54 Å². The molecule has 3 fully saturated rings. The summed E-state index contributed by atoms with van der Waals surface area (Å²) in [5.74, 6) is -0.159. The molecule has 2 bridgehead atoms. The van der Waals surface area contributed by atoms with Crippen molar-refractivity contribution in [2.24, 2.45) is 5.92 Å². The van der Waals surface area contributed by atoms with E-state index in [0.717, 1.165) is 24.8 Å². The van der Waals surface area contributed by atoms with Gasteiger partial charge in [-0.1, -0.05) is 30.3 Å². The molecule has 2 heterocycles. The number of nitrogens with zero attached hydrogens (tertiary/aromatic N) is 1. The largest absolute Gasteiger partial charge is 0.481 e. The van der Waals surface area contributed by atoms with Gasteiger partial charge in [0.15, 0.2) is 0 Å². The second-order valence-corrected chi connectivity index (χ2v) is 6.37. The molecule has 0 unspecified atom stereocenters. The Bertz CT molecular complexity index is 551. The fourth-order valence-electron chi connectivity index (χ4n) is 3.75. The van der Waals surface area contributed by atoms with Gasteiger partial charge in [0.2, 0.25) is 0 Å². The summed E-state index contributed by atoms with van der Waals surface area (Å²) in [5.41, 5.74) is 0.675. The minimum Gasteiger partial charge on any atom is -0.481 e. The van der Waals surface area contributed by atoms with Crippen molar-refractivity contribution in [2.45, 2.75) is 44.2 Å². The topological polar surface area (TPSA) is 66.8 Å². The molecular formula is C17H21NO4. The van der Waals surface area contributed by atoms with Crippen LogP contribution in [0.1, 0.15) is 37.7 Å². The number of carbonyl (C=O) groups is 2. The first kappa shape index (κ1) is 14.9. The maximum Gasteiger partial charge on any atom is 0.410 e. The van der Waals surface area contributed by atoms with Gasteiger partial charge in [-0.25, -0.2) is 4.79 Å². The molecule has 0 aromatic heterocycles. The Morgan fingerprint density at radius 1 is 1.27 bits per heavy atom. The van der Waals surface area contributed by atoms with Crippen molar-refractivity contribution in [1.82, 2.24) is 4.90 Å². The van der Waals surface area contributed by atoms with Crippen LogP contribution in [0, 0.1) is 5.92 Å². The third-order valence-corrected chi connectivity index (χ3v) is 4.90. The summed E-state index contributed by atoms with van der Waals surface area (Å²) in [7, 11) is 0. The van der Waals surface area contributed by atoms with E-state index in [-0.39, 0.29) is 24.7 Å². The number of fused-ring (bicyclic) bond motifs is 2. The van der Waals surface area contributed by atoms with Crippen molar-refractivity contribution in [1.29, 1.82) is 0 Å². The molecule has 1 aromatic rings. The van der Waals surface area contributed by atoms with E-state index in [1.165, 1.54) is 0 Å². The molecule has 5 nitrogen and oxygen atoms in total. The SMILES string of the molecule is O=C(O)CCC12CC(CCN1C(=O)OCc1ccccc1)C2. The van der Waals surface area contributed by atoms with Crippen LogP contribution in [0.5, 0.6) is 0 Å². The number of aliphatic carboxylic acids is 1. The summed E-state index contributed by atoms with van der Waals surface area (Å²) >= 11 is 0. The standard InChI is InChI=1S/C17H21NO4/c19-15(20)6-8-17-10-14(11-17)7-9-18(17)16(21)22-12-13-4-2-1-3-5-13/h1-5,14H,6-12H2,(H,19,20). The number of ether oxygens (including phenoxy) is 1. The van der Waals surface area contributed by atoms with Crippen molar-refractivity contribution >= 4 is 12.1 Å². The highest BCUT2D eigenvalue weighted by Gasteiger charge is 2.54. The van der Waals surface area contributed by atoms with Crippen LogP contribution in [0.3, 0.4) is 0 Å². The lowest BCUT2D eigenvalue weighted by atomic mass is 9.61. The summed E-state index contributed by atoms with van der Waals surface area (Å²) in [4.78, 5) is 25.0. The quantitative estimate of drug-likeness (QED) is 0.908. The molecule has 1 amide bonds. The molecule has 0 spiro atoms. The second-order valence-electron chi connectivity index (χ2n) is 6.37. The van der Waals surface area contributed by atoms with Crippen LogP contribution in [-0.4, -0.2) is 34.2 Å². The summed E-state index contributed by atoms with van der Waals surface area (Å²) in [6.45, 7) is 0.937. The number of carboxylic acid groups (broad SMARTS) is 1. The zero-order chi connectivity index (χ0) is 15.6. The molecule has 22 heavy (non-hydrogen) atoms. The molecule has 5 heteroatoms. The lowest BCUT2D eigenvalue weighted by molar-refractivity contribution is -0.140. The van der Waals surface area contributed by atoms with Gasteiger partial charge < -0.3 is 14.7 Å². The Hall–Kier alpha value is -2.04. The average Bonchev–Trinajstić information content (AvgIpc) is 2.51. The normalized spacial score (nSPS) is 26.2. The van der Waals surface area contributed by atoms with Gasteiger partial charge in [-0.3, -0.25) is 4.79 Å². The van der Waals surface area contributed by atoms with E-state index in [9.17, 15) is 9.59 Å². The number of piperidine rings is 2. The summed E-state index contributed by atoms with van der Waals surface area (Å²) in [6, 6.07) is 9.58. The van der Waals surface area contributed by atoms with Crippen molar-refractivity contribution in [3.63, 3.8) is 0 Å². The van der Waals surface area contributed by atoms with E-state index in [1.54, 1.807) is 4.90 Å². The predicted molar refractivity (Wildman–Crippen MR) is 80.3 cm³/mol. The van der Waals surface area contributed by atoms with Crippen LogP contribution >= 0.6 is 0 Å². The van der Waals surface area contributed by atoms with E-state index < -0.39 is 5.97 Å². The highest BCUT2D eigenvalue weighted by molar-refractivity contribution is 5.70. The number of benzene rings is 1. The smallest absolute Gasteiger partial charge is 0.410 e. The van der Waals surface area contributed by atoms with E-state index in [2.05, 4.69) is 0 Å². The highest BCUT2D eigenvalue weighted by Crippen LogP contribution is 2.51. The highest BCUT2D eigenvalue weighted by atomic mass is 16.6. The molecule has 4 rings (SSSR count). The van der Waals surface area contributed by atoms with Gasteiger partial charge in [0.05, 0.1) is 0 Å². The summed E-state index contributed by atoms with van der Waals surface area (Å²) < 4.78 is 5.43. The molecule has 1 N–H and O–H groups in total. The monoisotopic (exact) mass is 303 g/mol. The third-order valence-electron chi connectivity index (χ3n) is 4.90. The Labute approximate surface area is 129 Å². The van der Waals surface area contributed by atoms with E-state index in [1.807, 2.05) is 30.3 Å². The lowest BCUT2D eigenvalue weighted by Crippen LogP contribution is -2.64. The van der Waals surface area contributed by atoms with Gasteiger partial charge in [0.25, 0.3) is 0 Å². The fraction of sp³-hybridized carbons (Fsp3) is 0.529. The van der Waals surface area contributed by atoms with Gasteiger partial charge in [-0.2, -0.15) is 0 Å². The maximum atomic E-state index is 12.4. The first-order valence-electron chi connectivity index (χ1n) is 7.79. The molecule has 1 aliphatic carbocycles. The van der Waals surface area contributed by atoms with Gasteiger partial charge in [-0.05, 0) is 37.2 Å². The molecular weight excluding hydrogens is 282 g/mol. The molecule has 1 saturated carbocycles. The minimum absolute atomic E-state index is 0.106. The first-order chi connectivity index (χ1) is 10.6. The Morgan fingerprint density at radius 3 is 2.68 bits per heavy atom. The van der Waals surface area contributed by atoms with Gasteiger partial charge in [0, 0.05) is 18.5 Å². The third kappa shape index (κ3) is 2.93. The Kier molecular flexibility index (Phi) is 4.05. The van der Waals surface area contributed by atoms with Crippen LogP contribution in [0.15, 0.2) is 30.3 Å². The molecule has 0 atom stereocenters. The lowest BCUT2D eigenvalue weighted by Gasteiger charge is -2.58. The zero-order valence-corrected chi connectivity index (χ0v) is 12.5. The molecule has 2 aliphatic heterocycles. The molecule has 2 saturated heterocycles. The Morgan fingerprint density at radius 2 is 2.00 bits per heavy atom. The second kappa shape index (κ2) is 5.99. The predicted octanol–water partition coefficient (Wildman–Crippen LogP) is 3.04. The van der Waals surface area contributed by atoms with Crippen LogP contribution in [0.25, 0.3) is 0 Å². The Balaban J connectivity index is 1.61. The van der Waals surface area contributed by atoms with Crippen molar-refractivity contribution < 1.29 is 19.4 Å². The molecule has 118 valence electrons. The maximum absolute atomic E-state index is 12.4. The van der Waals surface area contributed by atoms with E-state index >= 15 is 0 Å². The van der Waals surface area contributed by atoms with Gasteiger partial charge in [0.1, 0.15) is 6.61 Å². The molecule has 1 aromatic carbocycles. The molecule has 3 aliphatic rings. The van der Waals surface area contributed by atoms with Crippen LogP contribution in [-0.2, 0) is 16.1 Å². The number of carboxylic acids is 1. The number of amides is 1. The van der Waals surface area contributed by atoms with E-state index in [0.29, 0.717) is 18.9 Å². The fourth-order valence-corrected chi connectivity index (χ4v) is 3.75. The number of hydrogen-bond acceptors (Lipinski definition) is 3. The minimum atomic E-state index is -0.805. The zero-order valence-electron chi connectivity index (χ0n) is 12.5. The number of rotatable bonds is 5. The number of hydrogen-bond donors (Lipinski definition) is 1. The van der Waals surface area contributed by atoms with Gasteiger partial charge in [-0.15, -0.1) is 0 Å². The summed E-state index contributed by atoms with van der Waals surface area (Å²) in [5, 5.41) is 8.92. The van der Waals surface area contributed by atoms with Crippen molar-refractivity contribution in [3.05, 3.63) is 35.9 Å². The summed E-state index contributed by atoms with van der Waals surface area (Å²) in [6.07, 6.45) is 3.15. The average molecular weight is 303 g/mol. The van der Waals surface area contributed by atoms with Crippen LogP contribution < -0.4 is 0 Å².